The van der Waals surface area contributed by atoms with Crippen molar-refractivity contribution in [1.29, 1.82) is 0 Å². The van der Waals surface area contributed by atoms with E-state index < -0.39 is 5.54 Å². The fourth-order valence-electron chi connectivity index (χ4n) is 1.44. The highest BCUT2D eigenvalue weighted by Crippen LogP contribution is 2.30. The van der Waals surface area contributed by atoms with Crippen LogP contribution in [0.5, 0.6) is 0 Å². The van der Waals surface area contributed by atoms with Crippen molar-refractivity contribution in [2.24, 2.45) is 0 Å². The first-order chi connectivity index (χ1) is 8.52. The van der Waals surface area contributed by atoms with Gasteiger partial charge in [-0.2, -0.15) is 0 Å². The number of rotatable bonds is 4. The summed E-state index contributed by atoms with van der Waals surface area (Å²) >= 11 is 5.94. The van der Waals surface area contributed by atoms with Gasteiger partial charge in [0, 0.05) is 6.20 Å². The molecule has 0 aliphatic heterocycles. The molecule has 0 spiro atoms. The van der Waals surface area contributed by atoms with Crippen LogP contribution >= 0.6 is 11.6 Å². The van der Waals surface area contributed by atoms with Crippen LogP contribution in [-0.2, 0) is 0 Å². The summed E-state index contributed by atoms with van der Waals surface area (Å²) < 4.78 is 5.25. The van der Waals surface area contributed by atoms with Gasteiger partial charge in [-0.3, -0.25) is 0 Å². The maximum absolute atomic E-state index is 9.28. The van der Waals surface area contributed by atoms with Crippen LogP contribution in [-0.4, -0.2) is 27.2 Å². The first kappa shape index (κ1) is 12.9. The quantitative estimate of drug-likeness (QED) is 0.891. The average Bonchev–Trinajstić information content (AvgIpc) is 2.85. The minimum atomic E-state index is -0.490. The third kappa shape index (κ3) is 2.80. The molecule has 2 aromatic heterocycles. The van der Waals surface area contributed by atoms with Crippen LogP contribution in [0.25, 0.3) is 11.3 Å². The molecule has 0 fully saturated rings. The Labute approximate surface area is 110 Å². The summed E-state index contributed by atoms with van der Waals surface area (Å²) in [5.41, 5.74) is 0.219. The molecule has 2 rings (SSSR count). The number of aliphatic hydroxyl groups is 1. The SMILES string of the molecule is CC(C)(CO)Nc1ncc(Cl)cc1-c1cnco1. The fourth-order valence-corrected chi connectivity index (χ4v) is 1.59. The topological polar surface area (TPSA) is 71.2 Å². The third-order valence-corrected chi connectivity index (χ3v) is 2.61. The molecular formula is C12H14ClN3O2. The molecule has 0 saturated carbocycles. The number of nitrogens with one attached hydrogen (secondary N) is 1. The number of nitrogens with zero attached hydrogens (tertiary/aromatic N) is 2. The van der Waals surface area contributed by atoms with E-state index in [0.29, 0.717) is 22.2 Å². The Morgan fingerprint density at radius 2 is 2.22 bits per heavy atom. The number of hydrogen-bond donors (Lipinski definition) is 2. The van der Waals surface area contributed by atoms with Crippen LogP contribution in [0.15, 0.2) is 29.3 Å². The van der Waals surface area contributed by atoms with Crippen molar-refractivity contribution >= 4 is 17.4 Å². The minimum Gasteiger partial charge on any atom is -0.443 e. The zero-order valence-electron chi connectivity index (χ0n) is 10.1. The van der Waals surface area contributed by atoms with E-state index in [0.717, 1.165) is 0 Å². The molecule has 0 aliphatic rings. The van der Waals surface area contributed by atoms with E-state index in [9.17, 15) is 5.11 Å². The Kier molecular flexibility index (Phi) is 3.54. The molecular weight excluding hydrogens is 254 g/mol. The molecule has 0 radical (unpaired) electrons. The van der Waals surface area contributed by atoms with Crippen LogP contribution in [0.3, 0.4) is 0 Å². The number of anilines is 1. The number of aliphatic hydroxyl groups excluding tert-OH is 1. The molecule has 0 amide bonds. The smallest absolute Gasteiger partial charge is 0.181 e. The van der Waals surface area contributed by atoms with Crippen molar-refractivity contribution in [1.82, 2.24) is 9.97 Å². The van der Waals surface area contributed by atoms with Gasteiger partial charge >= 0.3 is 0 Å². The van der Waals surface area contributed by atoms with Gasteiger partial charge < -0.3 is 14.8 Å². The lowest BCUT2D eigenvalue weighted by atomic mass is 10.1. The molecule has 0 bridgehead atoms. The van der Waals surface area contributed by atoms with Gasteiger partial charge in [-0.05, 0) is 19.9 Å². The molecule has 6 heteroatoms. The maximum Gasteiger partial charge on any atom is 0.181 e. The monoisotopic (exact) mass is 267 g/mol. The fraction of sp³-hybridized carbons (Fsp3) is 0.333. The normalized spacial score (nSPS) is 11.6. The van der Waals surface area contributed by atoms with Crippen molar-refractivity contribution in [3.8, 4) is 11.3 Å². The zero-order chi connectivity index (χ0) is 13.2. The Morgan fingerprint density at radius 1 is 1.44 bits per heavy atom. The lowest BCUT2D eigenvalue weighted by Crippen LogP contribution is -2.35. The summed E-state index contributed by atoms with van der Waals surface area (Å²) in [6, 6.07) is 1.74. The molecule has 5 nitrogen and oxygen atoms in total. The molecule has 96 valence electrons. The lowest BCUT2D eigenvalue weighted by Gasteiger charge is -2.25. The Bertz CT molecular complexity index is 526. The maximum atomic E-state index is 9.28. The second-order valence-corrected chi connectivity index (χ2v) is 5.02. The highest BCUT2D eigenvalue weighted by molar-refractivity contribution is 6.30. The van der Waals surface area contributed by atoms with E-state index in [-0.39, 0.29) is 6.61 Å². The molecule has 2 heterocycles. The van der Waals surface area contributed by atoms with E-state index in [1.54, 1.807) is 12.3 Å². The number of aromatic nitrogens is 2. The first-order valence-corrected chi connectivity index (χ1v) is 5.83. The summed E-state index contributed by atoms with van der Waals surface area (Å²) in [6.07, 6.45) is 4.47. The molecule has 2 aromatic rings. The summed E-state index contributed by atoms with van der Waals surface area (Å²) in [5.74, 6) is 1.16. The van der Waals surface area contributed by atoms with E-state index in [1.807, 2.05) is 13.8 Å². The average molecular weight is 268 g/mol. The molecule has 0 aromatic carbocycles. The van der Waals surface area contributed by atoms with Crippen LogP contribution in [0.4, 0.5) is 5.82 Å². The summed E-state index contributed by atoms with van der Waals surface area (Å²) in [7, 11) is 0. The Hall–Kier alpha value is -1.59. The van der Waals surface area contributed by atoms with Gasteiger partial charge in [0.1, 0.15) is 5.82 Å². The summed E-state index contributed by atoms with van der Waals surface area (Å²) in [6.45, 7) is 3.72. The van der Waals surface area contributed by atoms with E-state index in [1.165, 1.54) is 12.6 Å². The number of hydrogen-bond acceptors (Lipinski definition) is 5. The van der Waals surface area contributed by atoms with Crippen LogP contribution in [0, 0.1) is 0 Å². The van der Waals surface area contributed by atoms with Gasteiger partial charge in [-0.15, -0.1) is 0 Å². The van der Waals surface area contributed by atoms with Gasteiger partial charge in [-0.25, -0.2) is 9.97 Å². The van der Waals surface area contributed by atoms with E-state index in [4.69, 9.17) is 16.0 Å². The van der Waals surface area contributed by atoms with Crippen molar-refractivity contribution in [2.45, 2.75) is 19.4 Å². The second-order valence-electron chi connectivity index (χ2n) is 4.58. The van der Waals surface area contributed by atoms with Crippen molar-refractivity contribution < 1.29 is 9.52 Å². The third-order valence-electron chi connectivity index (χ3n) is 2.40. The van der Waals surface area contributed by atoms with Crippen molar-refractivity contribution in [2.75, 3.05) is 11.9 Å². The minimum absolute atomic E-state index is 0.0207. The standard InChI is InChI=1S/C12H14ClN3O2/c1-12(2,6-17)16-11-9(3-8(13)4-15-11)10-5-14-7-18-10/h3-5,7,17H,6H2,1-2H3,(H,15,16). The first-order valence-electron chi connectivity index (χ1n) is 5.45. The van der Waals surface area contributed by atoms with Crippen LogP contribution in [0.2, 0.25) is 5.02 Å². The molecule has 18 heavy (non-hydrogen) atoms. The predicted molar refractivity (Wildman–Crippen MR) is 69.5 cm³/mol. The highest BCUT2D eigenvalue weighted by atomic mass is 35.5. The predicted octanol–water partition coefficient (Wildman–Crippen LogP) is 2.57. The van der Waals surface area contributed by atoms with Gasteiger partial charge in [0.05, 0.1) is 28.9 Å². The highest BCUT2D eigenvalue weighted by Gasteiger charge is 2.20. The molecule has 0 atom stereocenters. The summed E-state index contributed by atoms with van der Waals surface area (Å²) in [4.78, 5) is 8.10. The molecule has 2 N–H and O–H groups in total. The van der Waals surface area contributed by atoms with Crippen molar-refractivity contribution in [3.63, 3.8) is 0 Å². The second kappa shape index (κ2) is 4.96. The number of halogens is 1. The largest absolute Gasteiger partial charge is 0.443 e. The number of oxazole rings is 1. The molecule has 0 unspecified atom stereocenters. The van der Waals surface area contributed by atoms with E-state index >= 15 is 0 Å². The van der Waals surface area contributed by atoms with Crippen LogP contribution in [0.1, 0.15) is 13.8 Å². The van der Waals surface area contributed by atoms with Gasteiger partial charge in [-0.1, -0.05) is 11.6 Å². The van der Waals surface area contributed by atoms with E-state index in [2.05, 4.69) is 15.3 Å². The molecule has 0 aliphatic carbocycles. The number of pyridine rings is 1. The van der Waals surface area contributed by atoms with Gasteiger partial charge in [0.25, 0.3) is 0 Å². The Morgan fingerprint density at radius 3 is 2.83 bits per heavy atom. The van der Waals surface area contributed by atoms with Crippen molar-refractivity contribution in [3.05, 3.63) is 29.9 Å². The zero-order valence-corrected chi connectivity index (χ0v) is 10.9. The molecule has 0 saturated heterocycles. The van der Waals surface area contributed by atoms with Gasteiger partial charge in [0.15, 0.2) is 12.2 Å². The Balaban J connectivity index is 2.42. The lowest BCUT2D eigenvalue weighted by molar-refractivity contribution is 0.234. The van der Waals surface area contributed by atoms with Gasteiger partial charge in [0.2, 0.25) is 0 Å². The summed E-state index contributed by atoms with van der Waals surface area (Å²) in [5, 5.41) is 12.9. The van der Waals surface area contributed by atoms with Crippen LogP contribution < -0.4 is 5.32 Å².